The lowest BCUT2D eigenvalue weighted by atomic mass is 10.2. The molecule has 1 aromatic heterocycles. The normalized spacial score (nSPS) is 11.8. The molecule has 23 heavy (non-hydrogen) atoms. The van der Waals surface area contributed by atoms with Crippen molar-refractivity contribution in [2.75, 3.05) is 13.6 Å². The summed E-state index contributed by atoms with van der Waals surface area (Å²) in [6.45, 7) is 3.09. The third-order valence-electron chi connectivity index (χ3n) is 3.30. The minimum atomic E-state index is -3.71. The first-order valence-electron chi connectivity index (χ1n) is 6.83. The van der Waals surface area contributed by atoms with E-state index in [1.165, 1.54) is 45.2 Å². The van der Waals surface area contributed by atoms with Gasteiger partial charge in [-0.3, -0.25) is 4.79 Å². The summed E-state index contributed by atoms with van der Waals surface area (Å²) in [5.41, 5.74) is 0.441. The van der Waals surface area contributed by atoms with E-state index in [2.05, 4.69) is 5.10 Å². The summed E-state index contributed by atoms with van der Waals surface area (Å²) in [7, 11) is -2.30. The Balaban J connectivity index is 2.13. The molecule has 0 unspecified atom stereocenters. The van der Waals surface area contributed by atoms with E-state index in [1.54, 1.807) is 0 Å². The van der Waals surface area contributed by atoms with Crippen molar-refractivity contribution < 1.29 is 17.6 Å². The predicted molar refractivity (Wildman–Crippen MR) is 81.8 cm³/mol. The van der Waals surface area contributed by atoms with Gasteiger partial charge in [0.2, 0.25) is 15.9 Å². The molecule has 8 nitrogen and oxygen atoms in total. The first kappa shape index (κ1) is 17.1. The van der Waals surface area contributed by atoms with E-state index < -0.39 is 15.8 Å². The molecule has 1 heterocycles. The maximum absolute atomic E-state index is 12.4. The van der Waals surface area contributed by atoms with E-state index in [0.29, 0.717) is 5.56 Å². The van der Waals surface area contributed by atoms with Crippen LogP contribution in [0.1, 0.15) is 23.2 Å². The predicted octanol–water partition coefficient (Wildman–Crippen LogP) is 0.668. The molecule has 124 valence electrons. The van der Waals surface area contributed by atoms with Crippen molar-refractivity contribution >= 4 is 15.8 Å². The first-order valence-corrected chi connectivity index (χ1v) is 8.27. The van der Waals surface area contributed by atoms with Crippen LogP contribution in [0.25, 0.3) is 0 Å². The number of rotatable bonds is 6. The SMILES string of the molecule is CC(=O)c1ccc(S(=O)(=O)N(C)CCn2nc(C)oc2=O)cc1. The molecule has 0 spiro atoms. The number of hydrogen-bond donors (Lipinski definition) is 0. The van der Waals surface area contributed by atoms with Crippen LogP contribution in [0.15, 0.2) is 38.4 Å². The van der Waals surface area contributed by atoms with Crippen molar-refractivity contribution in [1.82, 2.24) is 14.1 Å². The van der Waals surface area contributed by atoms with Crippen LogP contribution in [0.5, 0.6) is 0 Å². The maximum Gasteiger partial charge on any atom is 0.437 e. The summed E-state index contributed by atoms with van der Waals surface area (Å²) >= 11 is 0. The van der Waals surface area contributed by atoms with E-state index >= 15 is 0 Å². The number of likely N-dealkylation sites (N-methyl/N-ethyl adjacent to an activating group) is 1. The lowest BCUT2D eigenvalue weighted by Crippen LogP contribution is -2.32. The van der Waals surface area contributed by atoms with Crippen molar-refractivity contribution in [2.45, 2.75) is 25.3 Å². The van der Waals surface area contributed by atoms with Gasteiger partial charge in [-0.25, -0.2) is 13.2 Å². The Morgan fingerprint density at radius 2 is 1.91 bits per heavy atom. The van der Waals surface area contributed by atoms with Gasteiger partial charge in [0.1, 0.15) is 0 Å². The molecule has 0 fully saturated rings. The molecule has 0 atom stereocenters. The van der Waals surface area contributed by atoms with E-state index in [1.807, 2.05) is 0 Å². The zero-order chi connectivity index (χ0) is 17.2. The number of nitrogens with zero attached hydrogens (tertiary/aromatic N) is 3. The second-order valence-electron chi connectivity index (χ2n) is 5.02. The van der Waals surface area contributed by atoms with Crippen molar-refractivity contribution in [2.24, 2.45) is 0 Å². The van der Waals surface area contributed by atoms with E-state index in [0.717, 1.165) is 8.99 Å². The molecule has 0 aliphatic carbocycles. The van der Waals surface area contributed by atoms with E-state index in [4.69, 9.17) is 4.42 Å². The van der Waals surface area contributed by atoms with E-state index in [9.17, 15) is 18.0 Å². The Morgan fingerprint density at radius 1 is 1.30 bits per heavy atom. The molecule has 0 amide bonds. The van der Waals surface area contributed by atoms with Crippen molar-refractivity contribution in [3.63, 3.8) is 0 Å². The number of Topliss-reactive ketones (excluding diaryl/α,β-unsaturated/α-hetero) is 1. The molecule has 9 heteroatoms. The Bertz CT molecular complexity index is 865. The van der Waals surface area contributed by atoms with Gasteiger partial charge in [0.05, 0.1) is 11.4 Å². The van der Waals surface area contributed by atoms with Gasteiger partial charge < -0.3 is 4.42 Å². The topological polar surface area (TPSA) is 102 Å². The molecule has 1 aromatic carbocycles. The number of carbonyl (C=O) groups excluding carboxylic acids is 1. The van der Waals surface area contributed by atoms with Crippen molar-refractivity contribution in [3.05, 3.63) is 46.3 Å². The third-order valence-corrected chi connectivity index (χ3v) is 5.17. The molecule has 0 aliphatic rings. The van der Waals surface area contributed by atoms with Crippen LogP contribution in [0.4, 0.5) is 0 Å². The van der Waals surface area contributed by atoms with Crippen molar-refractivity contribution in [1.29, 1.82) is 0 Å². The van der Waals surface area contributed by atoms with Gasteiger partial charge in [-0.2, -0.15) is 8.99 Å². The summed E-state index contributed by atoms with van der Waals surface area (Å²) in [6, 6.07) is 5.70. The zero-order valence-electron chi connectivity index (χ0n) is 13.0. The fraction of sp³-hybridized carbons (Fsp3) is 0.357. The monoisotopic (exact) mass is 339 g/mol. The average molecular weight is 339 g/mol. The molecular formula is C14H17N3O5S. The first-order chi connectivity index (χ1) is 10.7. The van der Waals surface area contributed by atoms with E-state index in [-0.39, 0.29) is 29.7 Å². The second kappa shape index (κ2) is 6.47. The minimum Gasteiger partial charge on any atom is -0.393 e. The largest absolute Gasteiger partial charge is 0.437 e. The molecule has 0 aliphatic heterocycles. The highest BCUT2D eigenvalue weighted by molar-refractivity contribution is 7.89. The van der Waals surface area contributed by atoms with Gasteiger partial charge in [0, 0.05) is 26.1 Å². The van der Waals surface area contributed by atoms with Crippen LogP contribution in [0.2, 0.25) is 0 Å². The minimum absolute atomic E-state index is 0.0582. The number of aryl methyl sites for hydroxylation is 1. The van der Waals surface area contributed by atoms with Gasteiger partial charge in [-0.15, -0.1) is 5.10 Å². The fourth-order valence-corrected chi connectivity index (χ4v) is 3.11. The number of benzene rings is 1. The number of ketones is 1. The summed E-state index contributed by atoms with van der Waals surface area (Å²) < 4.78 is 31.8. The second-order valence-corrected chi connectivity index (χ2v) is 7.06. The van der Waals surface area contributed by atoms with Gasteiger partial charge in [-0.1, -0.05) is 12.1 Å². The van der Waals surface area contributed by atoms with Gasteiger partial charge in [0.15, 0.2) is 5.78 Å². The number of aromatic nitrogens is 2. The maximum atomic E-state index is 12.4. The molecule has 0 radical (unpaired) electrons. The number of hydrogen-bond acceptors (Lipinski definition) is 6. The Hall–Kier alpha value is -2.26. The van der Waals surface area contributed by atoms with Gasteiger partial charge >= 0.3 is 5.76 Å². The Labute approximate surface area is 133 Å². The zero-order valence-corrected chi connectivity index (χ0v) is 13.8. The van der Waals surface area contributed by atoms with Crippen LogP contribution < -0.4 is 5.76 Å². The quantitative estimate of drug-likeness (QED) is 0.717. The fourth-order valence-electron chi connectivity index (χ4n) is 1.95. The summed E-state index contributed by atoms with van der Waals surface area (Å²) in [5, 5.41) is 3.85. The Kier molecular flexibility index (Phi) is 4.81. The molecule has 0 N–H and O–H groups in total. The number of sulfonamides is 1. The van der Waals surface area contributed by atoms with Crippen LogP contribution in [-0.2, 0) is 16.6 Å². The highest BCUT2D eigenvalue weighted by Crippen LogP contribution is 2.15. The molecule has 0 bridgehead atoms. The van der Waals surface area contributed by atoms with Crippen LogP contribution in [0, 0.1) is 6.92 Å². The van der Waals surface area contributed by atoms with Crippen LogP contribution >= 0.6 is 0 Å². The van der Waals surface area contributed by atoms with Gasteiger partial charge in [-0.05, 0) is 19.1 Å². The molecule has 0 saturated carbocycles. The summed E-state index contributed by atoms with van der Waals surface area (Å²) in [5.74, 6) is -0.539. The number of carbonyl (C=O) groups is 1. The average Bonchev–Trinajstić information content (AvgIpc) is 2.82. The van der Waals surface area contributed by atoms with Crippen LogP contribution in [0.3, 0.4) is 0 Å². The molecule has 2 aromatic rings. The lowest BCUT2D eigenvalue weighted by molar-refractivity contribution is 0.101. The highest BCUT2D eigenvalue weighted by Gasteiger charge is 2.21. The molecular weight excluding hydrogens is 322 g/mol. The van der Waals surface area contributed by atoms with Crippen LogP contribution in [-0.4, -0.2) is 41.9 Å². The smallest absolute Gasteiger partial charge is 0.393 e. The lowest BCUT2D eigenvalue weighted by Gasteiger charge is -2.16. The molecule has 0 saturated heterocycles. The summed E-state index contributed by atoms with van der Waals surface area (Å²) in [6.07, 6.45) is 0. The van der Waals surface area contributed by atoms with Crippen molar-refractivity contribution in [3.8, 4) is 0 Å². The highest BCUT2D eigenvalue weighted by atomic mass is 32.2. The standard InChI is InChI=1S/C14H17N3O5S/c1-10(18)12-4-6-13(7-5-12)23(20,21)16(3)8-9-17-14(19)22-11(2)15-17/h4-7H,8-9H2,1-3H3. The van der Waals surface area contributed by atoms with Gasteiger partial charge in [0.25, 0.3) is 0 Å². The third kappa shape index (κ3) is 3.74. The Morgan fingerprint density at radius 3 is 2.39 bits per heavy atom. The summed E-state index contributed by atoms with van der Waals surface area (Å²) in [4.78, 5) is 22.7. The molecule has 2 rings (SSSR count).